The number of carbonyl (C=O) groups is 1. The third-order valence-electron chi connectivity index (χ3n) is 2.50. The first-order chi connectivity index (χ1) is 9.13. The van der Waals surface area contributed by atoms with Crippen LogP contribution in [0.2, 0.25) is 10.0 Å². The number of allylic oxidation sites excluding steroid dienone is 1. The van der Waals surface area contributed by atoms with E-state index in [-0.39, 0.29) is 5.78 Å². The fourth-order valence-electron chi connectivity index (χ4n) is 1.67. The molecule has 0 aliphatic carbocycles. The van der Waals surface area contributed by atoms with Crippen molar-refractivity contribution in [3.63, 3.8) is 0 Å². The lowest BCUT2D eigenvalue weighted by molar-refractivity contribution is 0.104. The summed E-state index contributed by atoms with van der Waals surface area (Å²) in [6, 6.07) is 5.17. The van der Waals surface area contributed by atoms with Crippen molar-refractivity contribution in [1.82, 2.24) is 4.98 Å². The van der Waals surface area contributed by atoms with Crippen molar-refractivity contribution < 1.29 is 9.53 Å². The SMILES string of the molecule is CCOC=CC(=O)c1c(Cl)ccc2cc(Cl)cnc12. The van der Waals surface area contributed by atoms with E-state index in [2.05, 4.69) is 4.98 Å². The number of halogens is 2. The van der Waals surface area contributed by atoms with Crippen LogP contribution >= 0.6 is 23.2 Å². The van der Waals surface area contributed by atoms with Crippen LogP contribution in [0.4, 0.5) is 0 Å². The van der Waals surface area contributed by atoms with E-state index in [1.54, 1.807) is 18.2 Å². The average Bonchev–Trinajstić information content (AvgIpc) is 2.39. The minimum Gasteiger partial charge on any atom is -0.501 e. The summed E-state index contributed by atoms with van der Waals surface area (Å²) < 4.78 is 5.01. The topological polar surface area (TPSA) is 39.2 Å². The smallest absolute Gasteiger partial charge is 0.192 e. The Morgan fingerprint density at radius 3 is 2.95 bits per heavy atom. The largest absolute Gasteiger partial charge is 0.501 e. The molecule has 1 heterocycles. The second-order valence-electron chi connectivity index (χ2n) is 3.77. The molecule has 2 aromatic rings. The molecule has 98 valence electrons. The molecule has 1 aromatic heterocycles. The molecular weight excluding hydrogens is 285 g/mol. The van der Waals surface area contributed by atoms with Gasteiger partial charge in [-0.3, -0.25) is 9.78 Å². The third-order valence-corrected chi connectivity index (χ3v) is 3.02. The molecule has 0 bridgehead atoms. The van der Waals surface area contributed by atoms with E-state index >= 15 is 0 Å². The molecular formula is C14H11Cl2NO2. The first-order valence-corrected chi connectivity index (χ1v) is 6.45. The van der Waals surface area contributed by atoms with Crippen LogP contribution in [0.5, 0.6) is 0 Å². The van der Waals surface area contributed by atoms with Crippen LogP contribution < -0.4 is 0 Å². The fourth-order valence-corrected chi connectivity index (χ4v) is 2.09. The number of nitrogens with zero attached hydrogens (tertiary/aromatic N) is 1. The summed E-state index contributed by atoms with van der Waals surface area (Å²) >= 11 is 12.0. The average molecular weight is 296 g/mol. The Morgan fingerprint density at radius 2 is 2.21 bits per heavy atom. The van der Waals surface area contributed by atoms with E-state index in [9.17, 15) is 4.79 Å². The van der Waals surface area contributed by atoms with Gasteiger partial charge in [0.25, 0.3) is 0 Å². The minimum atomic E-state index is -0.251. The van der Waals surface area contributed by atoms with E-state index in [0.29, 0.717) is 27.7 Å². The Bertz CT molecular complexity index is 653. The Kier molecular flexibility index (Phi) is 4.40. The fraction of sp³-hybridized carbons (Fsp3) is 0.143. The number of ketones is 1. The number of pyridine rings is 1. The van der Waals surface area contributed by atoms with Gasteiger partial charge in [0.1, 0.15) is 0 Å². The van der Waals surface area contributed by atoms with Gasteiger partial charge >= 0.3 is 0 Å². The number of hydrogen-bond donors (Lipinski definition) is 0. The lowest BCUT2D eigenvalue weighted by Crippen LogP contribution is -1.99. The van der Waals surface area contributed by atoms with Crippen LogP contribution in [0.3, 0.4) is 0 Å². The summed E-state index contributed by atoms with van der Waals surface area (Å²) in [4.78, 5) is 16.3. The second kappa shape index (κ2) is 6.04. The molecule has 0 spiro atoms. The molecule has 0 N–H and O–H groups in total. The molecule has 0 unspecified atom stereocenters. The maximum absolute atomic E-state index is 12.1. The van der Waals surface area contributed by atoms with Gasteiger partial charge in [-0.05, 0) is 19.1 Å². The van der Waals surface area contributed by atoms with Crippen molar-refractivity contribution >= 4 is 39.9 Å². The van der Waals surface area contributed by atoms with E-state index in [1.807, 2.05) is 6.92 Å². The zero-order valence-electron chi connectivity index (χ0n) is 10.2. The van der Waals surface area contributed by atoms with Crippen molar-refractivity contribution in [2.75, 3.05) is 6.61 Å². The maximum Gasteiger partial charge on any atom is 0.192 e. The van der Waals surface area contributed by atoms with Crippen LogP contribution in [0.15, 0.2) is 36.7 Å². The molecule has 0 amide bonds. The second-order valence-corrected chi connectivity index (χ2v) is 4.61. The molecule has 0 saturated carbocycles. The van der Waals surface area contributed by atoms with E-state index < -0.39 is 0 Å². The van der Waals surface area contributed by atoms with Gasteiger partial charge < -0.3 is 4.74 Å². The van der Waals surface area contributed by atoms with Crippen LogP contribution in [0.1, 0.15) is 17.3 Å². The lowest BCUT2D eigenvalue weighted by Gasteiger charge is -2.05. The Hall–Kier alpha value is -1.58. The van der Waals surface area contributed by atoms with Gasteiger partial charge in [-0.15, -0.1) is 0 Å². The third kappa shape index (κ3) is 3.06. The summed E-state index contributed by atoms with van der Waals surface area (Å²) in [5.41, 5.74) is 0.884. The molecule has 5 heteroatoms. The van der Waals surface area contributed by atoms with Gasteiger partial charge in [0.2, 0.25) is 0 Å². The van der Waals surface area contributed by atoms with Crippen LogP contribution in [-0.4, -0.2) is 17.4 Å². The van der Waals surface area contributed by atoms with E-state index in [4.69, 9.17) is 27.9 Å². The monoisotopic (exact) mass is 295 g/mol. The normalized spacial score (nSPS) is 11.1. The maximum atomic E-state index is 12.1. The van der Waals surface area contributed by atoms with Crippen molar-refractivity contribution in [1.29, 1.82) is 0 Å². The highest BCUT2D eigenvalue weighted by Gasteiger charge is 2.13. The summed E-state index contributed by atoms with van der Waals surface area (Å²) in [6.07, 6.45) is 4.18. The van der Waals surface area contributed by atoms with Gasteiger partial charge in [-0.1, -0.05) is 29.3 Å². The number of aromatic nitrogens is 1. The van der Waals surface area contributed by atoms with Gasteiger partial charge in [0, 0.05) is 17.7 Å². The van der Waals surface area contributed by atoms with Gasteiger partial charge in [0.05, 0.1) is 34.0 Å². The van der Waals surface area contributed by atoms with Crippen LogP contribution in [0, 0.1) is 0 Å². The van der Waals surface area contributed by atoms with Crippen molar-refractivity contribution in [2.24, 2.45) is 0 Å². The first-order valence-electron chi connectivity index (χ1n) is 5.69. The summed E-state index contributed by atoms with van der Waals surface area (Å²) in [6.45, 7) is 2.34. The Labute approximate surface area is 120 Å². The number of ether oxygens (including phenoxy) is 1. The molecule has 0 aliphatic heterocycles. The number of rotatable bonds is 4. The molecule has 2 rings (SSSR count). The van der Waals surface area contributed by atoms with Crippen LogP contribution in [0.25, 0.3) is 10.9 Å². The van der Waals surface area contributed by atoms with E-state index in [1.165, 1.54) is 18.5 Å². The van der Waals surface area contributed by atoms with E-state index in [0.717, 1.165) is 5.39 Å². The number of benzene rings is 1. The minimum absolute atomic E-state index is 0.251. The molecule has 0 atom stereocenters. The Morgan fingerprint density at radius 1 is 1.42 bits per heavy atom. The number of carbonyl (C=O) groups excluding carboxylic acids is 1. The predicted octanol–water partition coefficient (Wildman–Crippen LogP) is 4.27. The predicted molar refractivity (Wildman–Crippen MR) is 76.9 cm³/mol. The van der Waals surface area contributed by atoms with Crippen molar-refractivity contribution in [3.8, 4) is 0 Å². The number of fused-ring (bicyclic) bond motifs is 1. The Balaban J connectivity index is 2.52. The first kappa shape index (κ1) is 13.8. The van der Waals surface area contributed by atoms with Gasteiger partial charge in [-0.25, -0.2) is 0 Å². The molecule has 0 aliphatic rings. The summed E-state index contributed by atoms with van der Waals surface area (Å²) in [5.74, 6) is -0.251. The van der Waals surface area contributed by atoms with Crippen molar-refractivity contribution in [3.05, 3.63) is 52.3 Å². The molecule has 1 aromatic carbocycles. The van der Waals surface area contributed by atoms with Crippen molar-refractivity contribution in [2.45, 2.75) is 6.92 Å². The highest BCUT2D eigenvalue weighted by Crippen LogP contribution is 2.27. The van der Waals surface area contributed by atoms with Gasteiger partial charge in [0.15, 0.2) is 5.78 Å². The summed E-state index contributed by atoms with van der Waals surface area (Å²) in [5, 5.41) is 1.64. The van der Waals surface area contributed by atoms with Gasteiger partial charge in [-0.2, -0.15) is 0 Å². The standard InChI is InChI=1S/C14H11Cl2NO2/c1-2-19-6-5-12(18)13-11(16)4-3-9-7-10(15)8-17-14(9)13/h3-8H,2H2,1H3. The zero-order valence-corrected chi connectivity index (χ0v) is 11.7. The molecule has 0 saturated heterocycles. The molecule has 19 heavy (non-hydrogen) atoms. The summed E-state index contributed by atoms with van der Waals surface area (Å²) in [7, 11) is 0. The molecule has 0 fully saturated rings. The highest BCUT2D eigenvalue weighted by atomic mass is 35.5. The molecule has 0 radical (unpaired) electrons. The quantitative estimate of drug-likeness (QED) is 0.480. The number of hydrogen-bond acceptors (Lipinski definition) is 3. The zero-order chi connectivity index (χ0) is 13.8. The van der Waals surface area contributed by atoms with Crippen LogP contribution in [-0.2, 0) is 4.74 Å². The molecule has 3 nitrogen and oxygen atoms in total. The lowest BCUT2D eigenvalue weighted by atomic mass is 10.1. The highest BCUT2D eigenvalue weighted by molar-refractivity contribution is 6.36.